The van der Waals surface area contributed by atoms with Crippen molar-refractivity contribution in [2.24, 2.45) is 0 Å². The van der Waals surface area contributed by atoms with Crippen molar-refractivity contribution in [1.29, 1.82) is 0 Å². The maximum absolute atomic E-state index is 12.6. The van der Waals surface area contributed by atoms with Crippen LogP contribution >= 0.6 is 0 Å². The Bertz CT molecular complexity index is 940. The van der Waals surface area contributed by atoms with E-state index < -0.39 is 10.0 Å². The molecule has 0 bridgehead atoms. The Hall–Kier alpha value is -2.78. The van der Waals surface area contributed by atoms with Crippen LogP contribution in [0, 0.1) is 0 Å². The summed E-state index contributed by atoms with van der Waals surface area (Å²) >= 11 is 0. The van der Waals surface area contributed by atoms with E-state index in [-0.39, 0.29) is 17.3 Å². The van der Waals surface area contributed by atoms with Crippen LogP contribution in [0.3, 0.4) is 0 Å². The summed E-state index contributed by atoms with van der Waals surface area (Å²) in [6.07, 6.45) is 3.24. The molecule has 0 N–H and O–H groups in total. The van der Waals surface area contributed by atoms with Gasteiger partial charge in [-0.2, -0.15) is 9.29 Å². The highest BCUT2D eigenvalue weighted by atomic mass is 32.2. The average Bonchev–Trinajstić information content (AvgIpc) is 3.11. The van der Waals surface area contributed by atoms with Gasteiger partial charge in [0.05, 0.1) is 18.6 Å². The molecule has 0 aliphatic rings. The molecule has 130 valence electrons. The molecule has 0 amide bonds. The van der Waals surface area contributed by atoms with Crippen LogP contribution in [-0.4, -0.2) is 42.0 Å². The van der Waals surface area contributed by atoms with Crippen molar-refractivity contribution in [1.82, 2.24) is 19.4 Å². The number of sulfonamides is 1. The zero-order valence-electron chi connectivity index (χ0n) is 13.7. The first-order valence-corrected chi connectivity index (χ1v) is 8.78. The molecule has 3 rings (SSSR count). The lowest BCUT2D eigenvalue weighted by molar-refractivity contribution is 0.336. The van der Waals surface area contributed by atoms with Crippen molar-refractivity contribution in [3.05, 3.63) is 54.7 Å². The highest BCUT2D eigenvalue weighted by Crippen LogP contribution is 2.20. The van der Waals surface area contributed by atoms with Crippen molar-refractivity contribution in [2.45, 2.75) is 11.4 Å². The number of hydrogen-bond acceptors (Lipinski definition) is 7. The zero-order chi connectivity index (χ0) is 17.9. The summed E-state index contributed by atoms with van der Waals surface area (Å²) in [6, 6.07) is 9.70. The predicted molar refractivity (Wildman–Crippen MR) is 89.2 cm³/mol. The van der Waals surface area contributed by atoms with Crippen LogP contribution < -0.4 is 4.74 Å². The third kappa shape index (κ3) is 3.67. The molecule has 2 aromatic heterocycles. The number of nitrogens with zero attached hydrogens (tertiary/aromatic N) is 4. The van der Waals surface area contributed by atoms with Gasteiger partial charge in [-0.15, -0.1) is 0 Å². The highest BCUT2D eigenvalue weighted by molar-refractivity contribution is 7.89. The molecule has 3 aromatic rings. The molecule has 0 radical (unpaired) electrons. The predicted octanol–water partition coefficient (Wildman–Crippen LogP) is 1.96. The lowest BCUT2D eigenvalue weighted by Crippen LogP contribution is -2.26. The quantitative estimate of drug-likeness (QED) is 0.662. The molecule has 8 nitrogen and oxygen atoms in total. The fourth-order valence-electron chi connectivity index (χ4n) is 2.13. The van der Waals surface area contributed by atoms with Gasteiger partial charge in [0.25, 0.3) is 0 Å². The molecule has 25 heavy (non-hydrogen) atoms. The van der Waals surface area contributed by atoms with Crippen molar-refractivity contribution in [2.75, 3.05) is 14.2 Å². The summed E-state index contributed by atoms with van der Waals surface area (Å²) in [5.74, 6) is 1.14. The zero-order valence-corrected chi connectivity index (χ0v) is 14.5. The third-order valence-electron chi connectivity index (χ3n) is 3.51. The largest absolute Gasteiger partial charge is 0.497 e. The third-order valence-corrected chi connectivity index (χ3v) is 5.33. The molecule has 0 aliphatic heterocycles. The van der Waals surface area contributed by atoms with Gasteiger partial charge in [0, 0.05) is 25.0 Å². The highest BCUT2D eigenvalue weighted by Gasteiger charge is 2.23. The number of rotatable bonds is 6. The second kappa shape index (κ2) is 6.99. The van der Waals surface area contributed by atoms with E-state index in [1.807, 2.05) is 0 Å². The summed E-state index contributed by atoms with van der Waals surface area (Å²) in [5.41, 5.74) is 0.693. The van der Waals surface area contributed by atoms with Gasteiger partial charge >= 0.3 is 0 Å². The first kappa shape index (κ1) is 17.1. The molecule has 0 spiro atoms. The van der Waals surface area contributed by atoms with E-state index >= 15 is 0 Å². The second-order valence-electron chi connectivity index (χ2n) is 5.19. The number of pyridine rings is 1. The standard InChI is InChI=1S/C16H16N4O4S/c1-20(25(21,22)14-7-5-13(23-2)6-8-14)11-15-18-16(19-24-15)12-4-3-9-17-10-12/h3-10H,11H2,1-2H3. The van der Waals surface area contributed by atoms with Crippen LogP contribution in [0.5, 0.6) is 5.75 Å². The van der Waals surface area contributed by atoms with Crippen LogP contribution in [0.2, 0.25) is 0 Å². The number of ether oxygens (including phenoxy) is 1. The smallest absolute Gasteiger partial charge is 0.243 e. The van der Waals surface area contributed by atoms with Crippen LogP contribution in [0.4, 0.5) is 0 Å². The first-order valence-electron chi connectivity index (χ1n) is 7.34. The van der Waals surface area contributed by atoms with Gasteiger partial charge < -0.3 is 9.26 Å². The van der Waals surface area contributed by atoms with Gasteiger partial charge in [-0.1, -0.05) is 5.16 Å². The van der Waals surface area contributed by atoms with Crippen molar-refractivity contribution >= 4 is 10.0 Å². The van der Waals surface area contributed by atoms with Gasteiger partial charge in [-0.3, -0.25) is 4.98 Å². The summed E-state index contributed by atoms with van der Waals surface area (Å²) < 4.78 is 36.5. The number of hydrogen-bond donors (Lipinski definition) is 0. The normalized spacial score (nSPS) is 11.6. The molecule has 0 aliphatic carbocycles. The molecule has 0 fully saturated rings. The van der Waals surface area contributed by atoms with E-state index in [0.29, 0.717) is 17.1 Å². The summed E-state index contributed by atoms with van der Waals surface area (Å²) in [4.78, 5) is 8.35. The van der Waals surface area contributed by atoms with Crippen molar-refractivity contribution < 1.29 is 17.7 Å². The monoisotopic (exact) mass is 360 g/mol. The van der Waals surface area contributed by atoms with Crippen molar-refractivity contribution in [3.63, 3.8) is 0 Å². The Morgan fingerprint density at radius 2 is 1.96 bits per heavy atom. The molecule has 0 atom stereocenters. The Morgan fingerprint density at radius 1 is 1.20 bits per heavy atom. The topological polar surface area (TPSA) is 98.4 Å². The molecule has 0 saturated heterocycles. The van der Waals surface area contributed by atoms with Gasteiger partial charge in [0.2, 0.25) is 21.7 Å². The fourth-order valence-corrected chi connectivity index (χ4v) is 3.25. The Morgan fingerprint density at radius 3 is 2.60 bits per heavy atom. The fraction of sp³-hybridized carbons (Fsp3) is 0.188. The minimum Gasteiger partial charge on any atom is -0.497 e. The molecule has 2 heterocycles. The molecular weight excluding hydrogens is 344 g/mol. The minimum atomic E-state index is -3.68. The molecule has 0 saturated carbocycles. The Balaban J connectivity index is 1.77. The summed E-state index contributed by atoms with van der Waals surface area (Å²) in [7, 11) is -0.709. The average molecular weight is 360 g/mol. The first-order chi connectivity index (χ1) is 12.0. The van der Waals surface area contributed by atoms with Crippen LogP contribution in [0.15, 0.2) is 58.2 Å². The molecule has 0 unspecified atom stereocenters. The maximum Gasteiger partial charge on any atom is 0.243 e. The van der Waals surface area contributed by atoms with Crippen LogP contribution in [-0.2, 0) is 16.6 Å². The van der Waals surface area contributed by atoms with Gasteiger partial charge in [-0.05, 0) is 36.4 Å². The maximum atomic E-state index is 12.6. The molecule has 9 heteroatoms. The molecular formula is C16H16N4O4S. The van der Waals surface area contributed by atoms with E-state index in [4.69, 9.17) is 9.26 Å². The van der Waals surface area contributed by atoms with Crippen LogP contribution in [0.1, 0.15) is 5.89 Å². The number of methoxy groups -OCH3 is 1. The lowest BCUT2D eigenvalue weighted by atomic mass is 10.3. The number of aromatic nitrogens is 3. The Kier molecular flexibility index (Phi) is 4.77. The minimum absolute atomic E-state index is 0.0401. The lowest BCUT2D eigenvalue weighted by Gasteiger charge is -2.15. The Labute approximate surface area is 145 Å². The van der Waals surface area contributed by atoms with Crippen LogP contribution in [0.25, 0.3) is 11.4 Å². The SMILES string of the molecule is COc1ccc(S(=O)(=O)N(C)Cc2nc(-c3cccnc3)no2)cc1. The van der Waals surface area contributed by atoms with Gasteiger partial charge in [-0.25, -0.2) is 8.42 Å². The van der Waals surface area contributed by atoms with E-state index in [9.17, 15) is 8.42 Å². The van der Waals surface area contributed by atoms with Gasteiger partial charge in [0.15, 0.2) is 0 Å². The van der Waals surface area contributed by atoms with E-state index in [1.165, 1.54) is 26.3 Å². The number of benzene rings is 1. The molecule has 1 aromatic carbocycles. The van der Waals surface area contributed by atoms with Crippen molar-refractivity contribution in [3.8, 4) is 17.1 Å². The summed E-state index contributed by atoms with van der Waals surface area (Å²) in [5, 5.41) is 3.85. The summed E-state index contributed by atoms with van der Waals surface area (Å²) in [6.45, 7) is -0.0401. The van der Waals surface area contributed by atoms with Gasteiger partial charge in [0.1, 0.15) is 5.75 Å². The van der Waals surface area contributed by atoms with E-state index in [2.05, 4.69) is 15.1 Å². The van der Waals surface area contributed by atoms with E-state index in [0.717, 1.165) is 4.31 Å². The van der Waals surface area contributed by atoms with E-state index in [1.54, 1.807) is 36.7 Å². The second-order valence-corrected chi connectivity index (χ2v) is 7.23.